The summed E-state index contributed by atoms with van der Waals surface area (Å²) in [5, 5.41) is 0. The lowest BCUT2D eigenvalue weighted by Gasteiger charge is -2.18. The molecule has 0 aromatic heterocycles. The Bertz CT molecular complexity index is 535. The van der Waals surface area contributed by atoms with E-state index in [0.717, 1.165) is 24.8 Å². The van der Waals surface area contributed by atoms with Crippen LogP contribution in [0, 0.1) is 5.41 Å². The van der Waals surface area contributed by atoms with Crippen LogP contribution in [-0.4, -0.2) is 14.5 Å². The minimum Gasteiger partial charge on any atom is -0.326 e. The van der Waals surface area contributed by atoms with Gasteiger partial charge >= 0.3 is 0 Å². The van der Waals surface area contributed by atoms with Crippen molar-refractivity contribution in [3.05, 3.63) is 29.8 Å². The average Bonchev–Trinajstić information content (AvgIpc) is 2.68. The van der Waals surface area contributed by atoms with Crippen molar-refractivity contribution in [3.8, 4) is 0 Å². The van der Waals surface area contributed by atoms with E-state index in [1.54, 1.807) is 24.3 Å². The zero-order valence-corrected chi connectivity index (χ0v) is 12.3. The van der Waals surface area contributed by atoms with Crippen LogP contribution < -0.4 is 10.5 Å². The number of sulfonamides is 1. The molecular formula is C14H22N2O2S. The summed E-state index contributed by atoms with van der Waals surface area (Å²) in [5.41, 5.74) is 6.67. The zero-order valence-electron chi connectivity index (χ0n) is 11.5. The van der Waals surface area contributed by atoms with Gasteiger partial charge in [0, 0.05) is 12.6 Å². The molecule has 1 fully saturated rings. The highest BCUT2D eigenvalue weighted by molar-refractivity contribution is 7.89. The van der Waals surface area contributed by atoms with Crippen LogP contribution in [0.25, 0.3) is 0 Å². The Hall–Kier alpha value is -0.910. The number of nitrogens with one attached hydrogen (secondary N) is 1. The molecule has 0 heterocycles. The summed E-state index contributed by atoms with van der Waals surface area (Å²) in [6.07, 6.45) is 2.87. The molecular weight excluding hydrogens is 260 g/mol. The highest BCUT2D eigenvalue weighted by atomic mass is 32.2. The second kappa shape index (κ2) is 5.23. The maximum Gasteiger partial charge on any atom is 0.240 e. The molecule has 1 aliphatic carbocycles. The lowest BCUT2D eigenvalue weighted by Crippen LogP contribution is -2.33. The quantitative estimate of drug-likeness (QED) is 0.887. The highest BCUT2D eigenvalue weighted by Gasteiger charge is 2.33. The normalized spacial score (nSPS) is 22.6. The van der Waals surface area contributed by atoms with E-state index in [0.29, 0.717) is 11.4 Å². The molecule has 106 valence electrons. The summed E-state index contributed by atoms with van der Waals surface area (Å²) in [4.78, 5) is 0.314. The lowest BCUT2D eigenvalue weighted by molar-refractivity contribution is 0.372. The van der Waals surface area contributed by atoms with Crippen molar-refractivity contribution in [2.45, 2.75) is 50.6 Å². The zero-order chi connectivity index (χ0) is 14.1. The molecule has 0 saturated heterocycles. The first-order chi connectivity index (χ1) is 8.82. The van der Waals surface area contributed by atoms with Crippen molar-refractivity contribution in [1.82, 2.24) is 4.72 Å². The van der Waals surface area contributed by atoms with Crippen LogP contribution in [0.15, 0.2) is 29.2 Å². The summed E-state index contributed by atoms with van der Waals surface area (Å²) in [6.45, 7) is 4.78. The first kappa shape index (κ1) is 14.5. The largest absolute Gasteiger partial charge is 0.326 e. The molecule has 2 rings (SSSR count). The third-order valence-corrected chi connectivity index (χ3v) is 5.30. The smallest absolute Gasteiger partial charge is 0.240 e. The lowest BCUT2D eigenvalue weighted by atomic mass is 9.92. The van der Waals surface area contributed by atoms with Crippen molar-refractivity contribution in [2.24, 2.45) is 11.1 Å². The van der Waals surface area contributed by atoms with Gasteiger partial charge in [-0.05, 0) is 42.4 Å². The van der Waals surface area contributed by atoms with E-state index in [1.807, 2.05) is 0 Å². The van der Waals surface area contributed by atoms with Crippen LogP contribution in [0.5, 0.6) is 0 Å². The Morgan fingerprint density at radius 3 is 2.42 bits per heavy atom. The molecule has 0 amide bonds. The molecule has 1 aliphatic rings. The van der Waals surface area contributed by atoms with E-state index >= 15 is 0 Å². The second-order valence-electron chi connectivity index (χ2n) is 6.07. The Labute approximate surface area is 115 Å². The molecule has 1 aromatic rings. The van der Waals surface area contributed by atoms with E-state index in [1.165, 1.54) is 0 Å². The molecule has 1 saturated carbocycles. The van der Waals surface area contributed by atoms with Crippen molar-refractivity contribution in [1.29, 1.82) is 0 Å². The fraction of sp³-hybridized carbons (Fsp3) is 0.571. The molecule has 3 N–H and O–H groups in total. The second-order valence-corrected chi connectivity index (χ2v) is 7.79. The van der Waals surface area contributed by atoms with Crippen LogP contribution in [0.3, 0.4) is 0 Å². The number of hydrogen-bond donors (Lipinski definition) is 2. The van der Waals surface area contributed by atoms with Crippen LogP contribution in [-0.2, 0) is 16.6 Å². The Morgan fingerprint density at radius 2 is 1.95 bits per heavy atom. The van der Waals surface area contributed by atoms with Gasteiger partial charge in [-0.15, -0.1) is 0 Å². The van der Waals surface area contributed by atoms with Gasteiger partial charge in [-0.2, -0.15) is 0 Å². The van der Waals surface area contributed by atoms with Crippen LogP contribution in [0.4, 0.5) is 0 Å². The molecule has 0 spiro atoms. The Balaban J connectivity index is 2.10. The summed E-state index contributed by atoms with van der Waals surface area (Å²) in [7, 11) is -3.41. The third-order valence-electron chi connectivity index (χ3n) is 3.76. The van der Waals surface area contributed by atoms with Gasteiger partial charge in [0.25, 0.3) is 0 Å². The molecule has 0 radical (unpaired) electrons. The van der Waals surface area contributed by atoms with Crippen molar-refractivity contribution >= 4 is 10.0 Å². The Morgan fingerprint density at radius 1 is 1.32 bits per heavy atom. The average molecular weight is 282 g/mol. The Kier molecular flexibility index (Phi) is 3.99. The van der Waals surface area contributed by atoms with Gasteiger partial charge in [-0.25, -0.2) is 13.1 Å². The predicted molar refractivity (Wildman–Crippen MR) is 76.1 cm³/mol. The maximum absolute atomic E-state index is 12.3. The maximum atomic E-state index is 12.3. The first-order valence-electron chi connectivity index (χ1n) is 6.64. The molecule has 1 atom stereocenters. The summed E-state index contributed by atoms with van der Waals surface area (Å²) in [6, 6.07) is 6.80. The summed E-state index contributed by atoms with van der Waals surface area (Å²) < 4.78 is 27.3. The van der Waals surface area contributed by atoms with Gasteiger partial charge in [-0.3, -0.25) is 0 Å². The summed E-state index contributed by atoms with van der Waals surface area (Å²) >= 11 is 0. The number of nitrogens with two attached hydrogens (primary N) is 1. The van der Waals surface area contributed by atoms with Crippen LogP contribution in [0.1, 0.15) is 38.7 Å². The van der Waals surface area contributed by atoms with Gasteiger partial charge in [0.2, 0.25) is 10.0 Å². The minimum atomic E-state index is -3.41. The monoisotopic (exact) mass is 282 g/mol. The first-order valence-corrected chi connectivity index (χ1v) is 8.12. The number of hydrogen-bond acceptors (Lipinski definition) is 3. The van der Waals surface area contributed by atoms with Crippen molar-refractivity contribution in [3.63, 3.8) is 0 Å². The molecule has 1 aromatic carbocycles. The van der Waals surface area contributed by atoms with E-state index in [-0.39, 0.29) is 11.5 Å². The minimum absolute atomic E-state index is 0.0502. The number of benzene rings is 1. The fourth-order valence-electron chi connectivity index (χ4n) is 2.63. The van der Waals surface area contributed by atoms with Crippen LogP contribution >= 0.6 is 0 Å². The molecule has 0 bridgehead atoms. The van der Waals surface area contributed by atoms with Gasteiger partial charge < -0.3 is 5.73 Å². The molecule has 5 heteroatoms. The van der Waals surface area contributed by atoms with Crippen molar-refractivity contribution in [2.75, 3.05) is 0 Å². The highest BCUT2D eigenvalue weighted by Crippen LogP contribution is 2.37. The summed E-state index contributed by atoms with van der Waals surface area (Å²) in [5.74, 6) is 0. The SMILES string of the molecule is CC1(C)CCC(NS(=O)(=O)c2ccc(CN)cc2)C1. The molecule has 19 heavy (non-hydrogen) atoms. The van der Waals surface area contributed by atoms with Crippen LogP contribution in [0.2, 0.25) is 0 Å². The fourth-order valence-corrected chi connectivity index (χ4v) is 3.90. The third kappa shape index (κ3) is 3.55. The van der Waals surface area contributed by atoms with Gasteiger partial charge in [-0.1, -0.05) is 26.0 Å². The van der Waals surface area contributed by atoms with E-state index in [2.05, 4.69) is 18.6 Å². The molecule has 1 unspecified atom stereocenters. The van der Waals surface area contributed by atoms with E-state index in [4.69, 9.17) is 5.73 Å². The predicted octanol–water partition coefficient (Wildman–Crippen LogP) is 2.00. The van der Waals surface area contributed by atoms with E-state index < -0.39 is 10.0 Å². The van der Waals surface area contributed by atoms with E-state index in [9.17, 15) is 8.42 Å². The number of rotatable bonds is 4. The van der Waals surface area contributed by atoms with Gasteiger partial charge in [0.1, 0.15) is 0 Å². The van der Waals surface area contributed by atoms with Gasteiger partial charge in [0.15, 0.2) is 0 Å². The van der Waals surface area contributed by atoms with Crippen molar-refractivity contribution < 1.29 is 8.42 Å². The topological polar surface area (TPSA) is 72.2 Å². The van der Waals surface area contributed by atoms with Gasteiger partial charge in [0.05, 0.1) is 4.90 Å². The molecule has 0 aliphatic heterocycles. The standard InChI is InChI=1S/C14H22N2O2S/c1-14(2)8-7-12(9-14)16-19(17,18)13-5-3-11(10-15)4-6-13/h3-6,12,16H,7-10,15H2,1-2H3. The molecule has 4 nitrogen and oxygen atoms in total.